The van der Waals surface area contributed by atoms with Gasteiger partial charge < -0.3 is 56.0 Å². The van der Waals surface area contributed by atoms with Crippen molar-refractivity contribution >= 4 is 69.1 Å². The molecular weight excluding hydrogens is 1050 g/mol. The minimum absolute atomic E-state index is 0.00343. The van der Waals surface area contributed by atoms with E-state index in [-0.39, 0.29) is 58.5 Å². The number of rotatable bonds is 22. The monoisotopic (exact) mass is 1120 g/mol. The van der Waals surface area contributed by atoms with Gasteiger partial charge in [-0.15, -0.1) is 0 Å². The van der Waals surface area contributed by atoms with Crippen LogP contribution in [0.25, 0.3) is 11.2 Å². The standard InChI is InChI=1S/C45H70N7O18P3S/c1-25(29-9-10-30-28-8-7-26-20-27(53)12-15-44(26,4)31(28)13-16-45(29,30)5)6-11-34(55)74-19-18-47-33(54)14-17-48-41(58)38(57)43(2,3)22-67-73(64,65)70-72(62,63)66-21-32-37(69-71(59,60)61)36(56)42(68-32)52-24-51-35-39(46)49-23-50-40(35)52/h6-7,23-24,27-32,36-38,42,53,56-57H,8-22H2,1-5H3,(H,47,54)(H,48,58)(H,62,63)(H,64,65)(H2,46,49,50)(H2,59,60,61)/t27-,28-,29+,30-,31-,32+,36+,37+,38-,42+,44-,45+/m0/s1. The van der Waals surface area contributed by atoms with E-state index in [2.05, 4.69) is 67.3 Å². The zero-order valence-electron chi connectivity index (χ0n) is 41.9. The van der Waals surface area contributed by atoms with Gasteiger partial charge in [0, 0.05) is 37.1 Å². The number of aliphatic hydroxyl groups excluding tert-OH is 3. The molecule has 29 heteroatoms. The van der Waals surface area contributed by atoms with Crippen LogP contribution in [0.5, 0.6) is 0 Å². The molecule has 3 heterocycles. The molecule has 0 bridgehead atoms. The summed E-state index contributed by atoms with van der Waals surface area (Å²) in [4.78, 5) is 89.6. The Morgan fingerprint density at radius 1 is 1.00 bits per heavy atom. The van der Waals surface area contributed by atoms with Crippen molar-refractivity contribution in [2.24, 2.45) is 39.9 Å². The summed E-state index contributed by atoms with van der Waals surface area (Å²) in [5.41, 5.74) is 7.41. The fourth-order valence-electron chi connectivity index (χ4n) is 12.1. The van der Waals surface area contributed by atoms with Gasteiger partial charge >= 0.3 is 23.5 Å². The molecule has 1 aliphatic heterocycles. The fourth-order valence-corrected chi connectivity index (χ4v) is 15.6. The van der Waals surface area contributed by atoms with Gasteiger partial charge in [-0.25, -0.2) is 28.6 Å². The Morgan fingerprint density at radius 3 is 2.46 bits per heavy atom. The van der Waals surface area contributed by atoms with Gasteiger partial charge in [-0.1, -0.05) is 62.8 Å². The number of nitrogens with zero attached hydrogens (tertiary/aromatic N) is 4. The van der Waals surface area contributed by atoms with Crippen LogP contribution in [0.2, 0.25) is 0 Å². The van der Waals surface area contributed by atoms with Crippen molar-refractivity contribution in [2.45, 2.75) is 136 Å². The average molecular weight is 1120 g/mol. The Kier molecular flexibility index (Phi) is 18.4. The summed E-state index contributed by atoms with van der Waals surface area (Å²) in [6, 6.07) is 0. The van der Waals surface area contributed by atoms with E-state index < -0.39 is 84.6 Å². The van der Waals surface area contributed by atoms with Gasteiger partial charge in [-0.2, -0.15) is 4.31 Å². The van der Waals surface area contributed by atoms with Crippen LogP contribution in [0, 0.1) is 39.9 Å². The predicted molar refractivity (Wildman–Crippen MR) is 267 cm³/mol. The number of amides is 2. The first kappa shape index (κ1) is 58.7. The maximum atomic E-state index is 12.9. The molecule has 5 aliphatic rings. The third-order valence-corrected chi connectivity index (χ3v) is 20.0. The van der Waals surface area contributed by atoms with E-state index in [1.165, 1.54) is 44.3 Å². The molecule has 0 radical (unpaired) electrons. The van der Waals surface area contributed by atoms with Gasteiger partial charge in [-0.3, -0.25) is 32.5 Å². The van der Waals surface area contributed by atoms with Crippen molar-refractivity contribution in [3.8, 4) is 0 Å². The van der Waals surface area contributed by atoms with Gasteiger partial charge in [0.2, 0.25) is 11.8 Å². The molecule has 0 spiro atoms. The molecule has 1 saturated heterocycles. The number of phosphoric acid groups is 3. The van der Waals surface area contributed by atoms with E-state index in [1.54, 1.807) is 0 Å². The number of hydrogen-bond donors (Lipinski definition) is 10. The predicted octanol–water partition coefficient (Wildman–Crippen LogP) is 3.94. The second kappa shape index (κ2) is 23.1. The van der Waals surface area contributed by atoms with Crippen molar-refractivity contribution in [3.63, 3.8) is 0 Å². The lowest BCUT2D eigenvalue weighted by molar-refractivity contribution is -0.137. The number of imidazole rings is 1. The minimum Gasteiger partial charge on any atom is -0.393 e. The average Bonchev–Trinajstić information content (AvgIpc) is 4.00. The maximum Gasteiger partial charge on any atom is 0.481 e. The van der Waals surface area contributed by atoms with Crippen LogP contribution < -0.4 is 16.4 Å². The van der Waals surface area contributed by atoms with Crippen molar-refractivity contribution in [1.82, 2.24) is 30.2 Å². The topological polar surface area (TPSA) is 384 Å². The van der Waals surface area contributed by atoms with Crippen LogP contribution >= 0.6 is 35.2 Å². The first-order chi connectivity index (χ1) is 34.5. The summed E-state index contributed by atoms with van der Waals surface area (Å²) in [5.74, 6) is 1.29. The molecule has 4 aliphatic carbocycles. The Hall–Kier alpha value is -3.00. The molecule has 2 unspecified atom stereocenters. The summed E-state index contributed by atoms with van der Waals surface area (Å²) in [7, 11) is -16.5. The van der Waals surface area contributed by atoms with Crippen LogP contribution in [-0.4, -0.2) is 134 Å². The Bertz CT molecular complexity index is 2620. The number of nitrogens with one attached hydrogen (secondary N) is 2. The molecule has 4 fully saturated rings. The third kappa shape index (κ3) is 13.5. The van der Waals surface area contributed by atoms with E-state index in [9.17, 15) is 63.0 Å². The first-order valence-corrected chi connectivity index (χ1v) is 30.1. The van der Waals surface area contributed by atoms with E-state index in [4.69, 9.17) is 19.5 Å². The lowest BCUT2D eigenvalue weighted by Crippen LogP contribution is -2.50. The number of aromatic nitrogens is 4. The molecule has 414 valence electrons. The molecule has 7 rings (SSSR count). The molecule has 2 aromatic heterocycles. The molecule has 2 amide bonds. The Balaban J connectivity index is 0.787. The number of anilines is 1. The number of hydrogen-bond acceptors (Lipinski definition) is 19. The summed E-state index contributed by atoms with van der Waals surface area (Å²) in [6.07, 6.45) is 6.21. The van der Waals surface area contributed by atoms with Gasteiger partial charge in [0.25, 0.3) is 0 Å². The highest BCUT2D eigenvalue weighted by Gasteiger charge is 2.59. The van der Waals surface area contributed by atoms with E-state index >= 15 is 0 Å². The maximum absolute atomic E-state index is 12.9. The van der Waals surface area contributed by atoms with Gasteiger partial charge in [0.05, 0.1) is 25.6 Å². The Morgan fingerprint density at radius 2 is 1.73 bits per heavy atom. The smallest absolute Gasteiger partial charge is 0.393 e. The third-order valence-electron chi connectivity index (χ3n) is 16.0. The molecule has 14 atom stereocenters. The van der Waals surface area contributed by atoms with Crippen LogP contribution in [-0.2, 0) is 50.7 Å². The molecule has 74 heavy (non-hydrogen) atoms. The highest BCUT2D eigenvalue weighted by Crippen LogP contribution is 2.67. The fraction of sp³-hybridized carbons (Fsp3) is 0.733. The van der Waals surface area contributed by atoms with Crippen molar-refractivity contribution in [2.75, 3.05) is 37.8 Å². The number of allylic oxidation sites excluding steroid dienone is 3. The number of carbonyl (C=O) groups is 3. The molecule has 0 aromatic carbocycles. The SMILES string of the molecule is CC(=CCC(=O)SCCNC(=O)CCNC(=O)[C@H](O)C(C)(C)COP(=O)(O)OP(=O)(O)OC[C@H]1O[C@@H](n2cnc3c(N)ncnc32)[C@H](O)[C@@H]1OP(=O)(O)O)[C@H]1CC[C@H]2[C@@H]3CC=C4C[C@@H](O)CC[C@]4(C)[C@H]3CC[C@]12C. The molecule has 25 nitrogen and oxygen atoms in total. The van der Waals surface area contributed by atoms with Crippen molar-refractivity contribution in [3.05, 3.63) is 36.0 Å². The summed E-state index contributed by atoms with van der Waals surface area (Å²) in [5, 5.41) is 37.2. The van der Waals surface area contributed by atoms with Crippen molar-refractivity contribution < 1.29 is 85.6 Å². The second-order valence-corrected chi connectivity index (χ2v) is 26.7. The number of ether oxygens (including phenoxy) is 1. The summed E-state index contributed by atoms with van der Waals surface area (Å²) >= 11 is 1.13. The quantitative estimate of drug-likeness (QED) is 0.0453. The number of fused-ring (bicyclic) bond motifs is 6. The van der Waals surface area contributed by atoms with Crippen LogP contribution in [0.1, 0.15) is 105 Å². The molecule has 11 N–H and O–H groups in total. The second-order valence-electron chi connectivity index (χ2n) is 21.3. The lowest BCUT2D eigenvalue weighted by Gasteiger charge is -2.58. The lowest BCUT2D eigenvalue weighted by atomic mass is 9.47. The van der Waals surface area contributed by atoms with Gasteiger partial charge in [0.1, 0.15) is 36.3 Å². The Labute approximate surface area is 432 Å². The largest absolute Gasteiger partial charge is 0.481 e. The minimum atomic E-state index is -5.59. The van der Waals surface area contributed by atoms with Crippen LogP contribution in [0.4, 0.5) is 5.82 Å². The molecule has 3 saturated carbocycles. The zero-order chi connectivity index (χ0) is 54.2. The highest BCUT2D eigenvalue weighted by atomic mass is 32.2. The van der Waals surface area contributed by atoms with E-state index in [0.717, 1.165) is 61.1 Å². The van der Waals surface area contributed by atoms with Crippen molar-refractivity contribution in [1.29, 1.82) is 0 Å². The van der Waals surface area contributed by atoms with E-state index in [0.29, 0.717) is 35.8 Å². The van der Waals surface area contributed by atoms with Crippen LogP contribution in [0.15, 0.2) is 36.0 Å². The zero-order valence-corrected chi connectivity index (χ0v) is 45.4. The van der Waals surface area contributed by atoms with E-state index in [1.807, 2.05) is 0 Å². The first-order valence-electron chi connectivity index (χ1n) is 24.6. The summed E-state index contributed by atoms with van der Waals surface area (Å²) < 4.78 is 62.7. The highest BCUT2D eigenvalue weighted by molar-refractivity contribution is 8.13. The normalized spacial score (nSPS) is 32.4. The number of nitrogen functional groups attached to an aromatic ring is 1. The van der Waals surface area contributed by atoms with Crippen LogP contribution in [0.3, 0.4) is 0 Å². The molecule has 2 aromatic rings. The number of aliphatic hydroxyl groups is 3. The van der Waals surface area contributed by atoms with Gasteiger partial charge in [-0.05, 0) is 92.8 Å². The number of nitrogens with two attached hydrogens (primary N) is 1. The number of phosphoric ester groups is 3. The number of carbonyl (C=O) groups excluding carboxylic acids is 3. The molecular formula is C45H70N7O18P3S. The summed E-state index contributed by atoms with van der Waals surface area (Å²) in [6.45, 7) is 7.57. The van der Waals surface area contributed by atoms with Gasteiger partial charge in [0.15, 0.2) is 22.8 Å². The number of thioether (sulfide) groups is 1.